The molecule has 0 radical (unpaired) electrons. The van der Waals surface area contributed by atoms with Crippen LogP contribution < -0.4 is 4.72 Å². The van der Waals surface area contributed by atoms with Crippen LogP contribution in [0, 0.1) is 0 Å². The molecular weight excluding hydrogens is 248 g/mol. The van der Waals surface area contributed by atoms with Crippen LogP contribution in [0.5, 0.6) is 0 Å². The highest BCUT2D eigenvalue weighted by atomic mass is 32.2. The molecular formula is C13H20N2O2S. The molecule has 2 rings (SSSR count). The largest absolute Gasteiger partial charge is 0.305 e. The normalized spacial score (nSPS) is 21.3. The van der Waals surface area contributed by atoms with Crippen LogP contribution in [0.15, 0.2) is 30.3 Å². The molecule has 18 heavy (non-hydrogen) atoms. The second kappa shape index (κ2) is 5.82. The summed E-state index contributed by atoms with van der Waals surface area (Å²) in [5, 5.41) is 0. The molecule has 4 nitrogen and oxygen atoms in total. The molecule has 1 atom stereocenters. The first-order valence-corrected chi connectivity index (χ1v) is 7.93. The summed E-state index contributed by atoms with van der Waals surface area (Å²) in [4.78, 5) is 2.14. The van der Waals surface area contributed by atoms with E-state index in [1.165, 1.54) is 0 Å². The van der Waals surface area contributed by atoms with Crippen LogP contribution in [0.1, 0.15) is 12.0 Å². The molecule has 1 aliphatic rings. The van der Waals surface area contributed by atoms with Crippen LogP contribution in [0.2, 0.25) is 0 Å². The highest BCUT2D eigenvalue weighted by molar-refractivity contribution is 7.89. The van der Waals surface area contributed by atoms with Crippen LogP contribution in [0.25, 0.3) is 0 Å². The quantitative estimate of drug-likeness (QED) is 0.861. The number of likely N-dealkylation sites (N-methyl/N-ethyl adjacent to an activating group) is 1. The lowest BCUT2D eigenvalue weighted by atomic mass is 10.2. The summed E-state index contributed by atoms with van der Waals surface area (Å²) >= 11 is 0. The van der Waals surface area contributed by atoms with Gasteiger partial charge in [-0.25, -0.2) is 13.1 Å². The van der Waals surface area contributed by atoms with Crippen molar-refractivity contribution in [1.29, 1.82) is 0 Å². The number of hydrogen-bond donors (Lipinski definition) is 1. The van der Waals surface area contributed by atoms with Gasteiger partial charge in [-0.05, 0) is 32.0 Å². The van der Waals surface area contributed by atoms with Crippen molar-refractivity contribution in [3.8, 4) is 0 Å². The minimum Gasteiger partial charge on any atom is -0.305 e. The Bertz CT molecular complexity index is 473. The second-order valence-corrected chi connectivity index (χ2v) is 6.79. The molecule has 1 saturated heterocycles. The zero-order chi connectivity index (χ0) is 13.0. The topological polar surface area (TPSA) is 49.4 Å². The molecule has 1 aromatic carbocycles. The zero-order valence-electron chi connectivity index (χ0n) is 10.7. The summed E-state index contributed by atoms with van der Waals surface area (Å²) in [6.07, 6.45) is 1.47. The molecule has 5 heteroatoms. The molecule has 0 spiro atoms. The average Bonchev–Trinajstić information content (AvgIpc) is 2.73. The Morgan fingerprint density at radius 1 is 1.33 bits per heavy atom. The highest BCUT2D eigenvalue weighted by Gasteiger charge is 2.23. The molecule has 1 aliphatic heterocycles. The molecule has 100 valence electrons. The Kier molecular flexibility index (Phi) is 4.37. The van der Waals surface area contributed by atoms with E-state index in [9.17, 15) is 8.42 Å². The van der Waals surface area contributed by atoms with Gasteiger partial charge < -0.3 is 4.90 Å². The Labute approximate surface area is 109 Å². The number of benzene rings is 1. The van der Waals surface area contributed by atoms with Gasteiger partial charge in [0.25, 0.3) is 0 Å². The third kappa shape index (κ3) is 4.08. The van der Waals surface area contributed by atoms with Crippen molar-refractivity contribution in [2.75, 3.05) is 25.9 Å². The van der Waals surface area contributed by atoms with E-state index in [4.69, 9.17) is 0 Å². The molecule has 0 amide bonds. The van der Waals surface area contributed by atoms with Gasteiger partial charge in [0.05, 0.1) is 5.75 Å². The smallest absolute Gasteiger partial charge is 0.212 e. The van der Waals surface area contributed by atoms with E-state index in [-0.39, 0.29) is 11.8 Å². The molecule has 1 heterocycles. The van der Waals surface area contributed by atoms with Crippen LogP contribution in [0.3, 0.4) is 0 Å². The van der Waals surface area contributed by atoms with Gasteiger partial charge in [-0.3, -0.25) is 0 Å². The van der Waals surface area contributed by atoms with Gasteiger partial charge in [-0.2, -0.15) is 0 Å². The monoisotopic (exact) mass is 268 g/mol. The van der Waals surface area contributed by atoms with Gasteiger partial charge in [0.2, 0.25) is 10.0 Å². The molecule has 1 N–H and O–H groups in total. The van der Waals surface area contributed by atoms with Crippen LogP contribution in [-0.4, -0.2) is 45.2 Å². The Morgan fingerprint density at radius 3 is 2.67 bits per heavy atom. The third-order valence-electron chi connectivity index (χ3n) is 3.24. The fraction of sp³-hybridized carbons (Fsp3) is 0.538. The molecule has 0 saturated carbocycles. The van der Waals surface area contributed by atoms with Crippen LogP contribution in [-0.2, 0) is 16.4 Å². The number of nitrogens with zero attached hydrogens (tertiary/aromatic N) is 1. The van der Waals surface area contributed by atoms with Crippen LogP contribution in [0.4, 0.5) is 0 Å². The first kappa shape index (κ1) is 13.5. The maximum atomic E-state index is 11.9. The minimum atomic E-state index is -3.16. The van der Waals surface area contributed by atoms with E-state index in [1.54, 1.807) is 0 Å². The Hall–Kier alpha value is -0.910. The molecule has 0 aliphatic carbocycles. The fourth-order valence-electron chi connectivity index (χ4n) is 2.24. The summed E-state index contributed by atoms with van der Waals surface area (Å²) < 4.78 is 26.7. The van der Waals surface area contributed by atoms with E-state index in [1.807, 2.05) is 37.4 Å². The SMILES string of the molecule is CN1CCC(NS(=O)(=O)CCc2ccccc2)C1. The van der Waals surface area contributed by atoms with Crippen molar-refractivity contribution < 1.29 is 8.42 Å². The summed E-state index contributed by atoms with van der Waals surface area (Å²) in [5.41, 5.74) is 1.06. The Balaban J connectivity index is 1.84. The fourth-order valence-corrected chi connectivity index (χ4v) is 3.56. The summed E-state index contributed by atoms with van der Waals surface area (Å²) in [6.45, 7) is 1.77. The lowest BCUT2D eigenvalue weighted by molar-refractivity contribution is 0.407. The lowest BCUT2D eigenvalue weighted by Crippen LogP contribution is -2.38. The van der Waals surface area contributed by atoms with Gasteiger partial charge in [0.15, 0.2) is 0 Å². The first-order valence-electron chi connectivity index (χ1n) is 6.28. The molecule has 0 bridgehead atoms. The van der Waals surface area contributed by atoms with E-state index in [2.05, 4.69) is 9.62 Å². The van der Waals surface area contributed by atoms with Crippen molar-refractivity contribution in [2.24, 2.45) is 0 Å². The number of aryl methyl sites for hydroxylation is 1. The Morgan fingerprint density at radius 2 is 2.06 bits per heavy atom. The third-order valence-corrected chi connectivity index (χ3v) is 4.67. The summed E-state index contributed by atoms with van der Waals surface area (Å²) in [6, 6.07) is 9.79. The maximum absolute atomic E-state index is 11.9. The van der Waals surface area contributed by atoms with Crippen molar-refractivity contribution in [2.45, 2.75) is 18.9 Å². The molecule has 1 aromatic rings. The van der Waals surface area contributed by atoms with Crippen molar-refractivity contribution in [3.05, 3.63) is 35.9 Å². The summed E-state index contributed by atoms with van der Waals surface area (Å²) in [5.74, 6) is 0.164. The molecule has 1 fully saturated rings. The lowest BCUT2D eigenvalue weighted by Gasteiger charge is -2.13. The van der Waals surface area contributed by atoms with Crippen molar-refractivity contribution in [3.63, 3.8) is 0 Å². The standard InChI is InChI=1S/C13H20N2O2S/c1-15-9-7-13(11-15)14-18(16,17)10-8-12-5-3-2-4-6-12/h2-6,13-14H,7-11H2,1H3. The second-order valence-electron chi connectivity index (χ2n) is 4.92. The van der Waals surface area contributed by atoms with Gasteiger partial charge in [0.1, 0.15) is 0 Å². The van der Waals surface area contributed by atoms with E-state index < -0.39 is 10.0 Å². The van der Waals surface area contributed by atoms with Gasteiger partial charge in [-0.1, -0.05) is 30.3 Å². The maximum Gasteiger partial charge on any atom is 0.212 e. The predicted octanol–water partition coefficient (Wildman–Crippen LogP) is 0.853. The average molecular weight is 268 g/mol. The van der Waals surface area contributed by atoms with E-state index in [0.29, 0.717) is 6.42 Å². The minimum absolute atomic E-state index is 0.0794. The van der Waals surface area contributed by atoms with Crippen molar-refractivity contribution >= 4 is 10.0 Å². The number of rotatable bonds is 5. The molecule has 1 unspecified atom stereocenters. The number of nitrogens with one attached hydrogen (secondary N) is 1. The van der Waals surface area contributed by atoms with E-state index in [0.717, 1.165) is 25.1 Å². The van der Waals surface area contributed by atoms with Crippen molar-refractivity contribution in [1.82, 2.24) is 9.62 Å². The first-order chi connectivity index (χ1) is 8.55. The predicted molar refractivity (Wildman–Crippen MR) is 73.0 cm³/mol. The van der Waals surface area contributed by atoms with Gasteiger partial charge >= 0.3 is 0 Å². The van der Waals surface area contributed by atoms with Gasteiger partial charge in [0, 0.05) is 12.6 Å². The van der Waals surface area contributed by atoms with Crippen LogP contribution >= 0.6 is 0 Å². The zero-order valence-corrected chi connectivity index (χ0v) is 11.5. The molecule has 0 aromatic heterocycles. The highest BCUT2D eigenvalue weighted by Crippen LogP contribution is 2.08. The number of likely N-dealkylation sites (tertiary alicyclic amines) is 1. The number of sulfonamides is 1. The van der Waals surface area contributed by atoms with Gasteiger partial charge in [-0.15, -0.1) is 0 Å². The summed E-state index contributed by atoms with van der Waals surface area (Å²) in [7, 11) is -1.15. The number of hydrogen-bond acceptors (Lipinski definition) is 3. The van der Waals surface area contributed by atoms with E-state index >= 15 is 0 Å².